The molecule has 9 nitrogen and oxygen atoms in total. The number of carbonyl (C=O) groups excluding carboxylic acids is 3. The molecule has 9 heteroatoms. The van der Waals surface area contributed by atoms with Crippen molar-refractivity contribution < 1.29 is 33.3 Å². The van der Waals surface area contributed by atoms with Gasteiger partial charge in [0.1, 0.15) is 6.61 Å². The van der Waals surface area contributed by atoms with E-state index in [4.69, 9.17) is 18.9 Å². The number of amides is 2. The van der Waals surface area contributed by atoms with Crippen LogP contribution in [0.3, 0.4) is 0 Å². The number of rotatable bonds is 11. The van der Waals surface area contributed by atoms with Crippen LogP contribution in [-0.4, -0.2) is 74.5 Å². The zero-order valence-electron chi connectivity index (χ0n) is 26.2. The molecule has 2 saturated heterocycles. The minimum atomic E-state index is -1.77. The van der Waals surface area contributed by atoms with Crippen molar-refractivity contribution in [2.75, 3.05) is 33.9 Å². The standard InChI is InChI=1S/C35H44N2O7/c1-5-29(44-32-11-7-9-23-42-32)27-18-14-25(15-19-27)12-13-26-16-20-28(21-17-26)33(39)37(4)35(2,34(40)36-3)30(38)24-43-31-10-6-8-22-41-31/h14-21,29,31-32H,5-11,22-24H2,1-4H3,(H,36,40)/t29?,31?,32?,35-/m1/s1. The maximum absolute atomic E-state index is 13.4. The molecule has 0 saturated carbocycles. The minimum absolute atomic E-state index is 0.0256. The lowest BCUT2D eigenvalue weighted by Crippen LogP contribution is -2.62. The Hall–Kier alpha value is -3.55. The molecule has 3 unspecified atom stereocenters. The Bertz CT molecular complexity index is 1320. The summed E-state index contributed by atoms with van der Waals surface area (Å²) in [4.78, 5) is 40.7. The molecular weight excluding hydrogens is 560 g/mol. The van der Waals surface area contributed by atoms with Gasteiger partial charge < -0.3 is 29.2 Å². The Kier molecular flexibility index (Phi) is 12.1. The van der Waals surface area contributed by atoms with Crippen molar-refractivity contribution in [1.29, 1.82) is 0 Å². The number of likely N-dealkylation sites (N-methyl/N-ethyl adjacent to an activating group) is 2. The molecule has 4 atom stereocenters. The van der Waals surface area contributed by atoms with E-state index in [-0.39, 0.29) is 19.0 Å². The third-order valence-corrected chi connectivity index (χ3v) is 8.32. The quantitative estimate of drug-likeness (QED) is 0.291. The van der Waals surface area contributed by atoms with E-state index in [0.717, 1.165) is 66.7 Å². The fourth-order valence-electron chi connectivity index (χ4n) is 5.29. The molecule has 4 rings (SSSR count). The molecule has 0 spiro atoms. The zero-order chi connectivity index (χ0) is 31.5. The summed E-state index contributed by atoms with van der Waals surface area (Å²) >= 11 is 0. The first-order chi connectivity index (χ1) is 21.3. The number of hydrogen-bond acceptors (Lipinski definition) is 7. The van der Waals surface area contributed by atoms with Crippen LogP contribution in [-0.2, 0) is 28.5 Å². The number of nitrogens with zero attached hydrogens (tertiary/aromatic N) is 1. The van der Waals surface area contributed by atoms with Crippen LogP contribution in [0.25, 0.3) is 0 Å². The second kappa shape index (κ2) is 16.0. The van der Waals surface area contributed by atoms with Gasteiger partial charge in [-0.05, 0) is 93.8 Å². The third kappa shape index (κ3) is 8.33. The SMILES string of the molecule is CCC(OC1CCCCO1)c1ccc(C#Cc2ccc(C(=O)N(C)[C@](C)(C(=O)COC3CCCCO3)C(=O)NC)cc2)cc1. The van der Waals surface area contributed by atoms with Crippen LogP contribution in [0.4, 0.5) is 0 Å². The lowest BCUT2D eigenvalue weighted by Gasteiger charge is -2.36. The molecule has 1 N–H and O–H groups in total. The van der Waals surface area contributed by atoms with Crippen molar-refractivity contribution >= 4 is 17.6 Å². The Morgan fingerprint density at radius 1 is 0.932 bits per heavy atom. The van der Waals surface area contributed by atoms with Gasteiger partial charge in [0, 0.05) is 44.0 Å². The fourth-order valence-corrected chi connectivity index (χ4v) is 5.29. The number of ether oxygens (including phenoxy) is 4. The molecule has 2 aromatic carbocycles. The van der Waals surface area contributed by atoms with Crippen molar-refractivity contribution in [2.45, 2.75) is 83.0 Å². The van der Waals surface area contributed by atoms with E-state index in [9.17, 15) is 14.4 Å². The first kappa shape index (κ1) is 33.3. The van der Waals surface area contributed by atoms with Gasteiger partial charge in [-0.25, -0.2) is 0 Å². The normalized spacial score (nSPS) is 20.4. The third-order valence-electron chi connectivity index (χ3n) is 8.32. The summed E-state index contributed by atoms with van der Waals surface area (Å²) in [6.45, 7) is 4.51. The summed E-state index contributed by atoms with van der Waals surface area (Å²) < 4.78 is 23.1. The highest BCUT2D eigenvalue weighted by molar-refractivity contribution is 6.14. The average Bonchev–Trinajstić information content (AvgIpc) is 3.08. The Morgan fingerprint density at radius 3 is 2.02 bits per heavy atom. The number of hydrogen-bond donors (Lipinski definition) is 1. The van der Waals surface area contributed by atoms with Crippen molar-refractivity contribution in [2.24, 2.45) is 0 Å². The monoisotopic (exact) mass is 604 g/mol. The van der Waals surface area contributed by atoms with Gasteiger partial charge in [-0.15, -0.1) is 0 Å². The molecular formula is C35H44N2O7. The number of nitrogens with one attached hydrogen (secondary N) is 1. The summed E-state index contributed by atoms with van der Waals surface area (Å²) in [5.41, 5.74) is 1.24. The Morgan fingerprint density at radius 2 is 1.50 bits per heavy atom. The molecule has 44 heavy (non-hydrogen) atoms. The van der Waals surface area contributed by atoms with Crippen molar-refractivity contribution in [3.63, 3.8) is 0 Å². The molecule has 0 radical (unpaired) electrons. The fraction of sp³-hybridized carbons (Fsp3) is 0.514. The van der Waals surface area contributed by atoms with Gasteiger partial charge in [0.15, 0.2) is 23.9 Å². The van der Waals surface area contributed by atoms with Gasteiger partial charge >= 0.3 is 0 Å². The summed E-state index contributed by atoms with van der Waals surface area (Å²) in [6.07, 6.45) is 5.92. The molecule has 2 aliphatic rings. The highest BCUT2D eigenvalue weighted by Gasteiger charge is 2.46. The summed E-state index contributed by atoms with van der Waals surface area (Å²) in [6, 6.07) is 14.8. The number of benzene rings is 2. The largest absolute Gasteiger partial charge is 0.357 e. The Balaban J connectivity index is 1.39. The predicted molar refractivity (Wildman–Crippen MR) is 166 cm³/mol. The van der Waals surface area contributed by atoms with E-state index < -0.39 is 29.4 Å². The van der Waals surface area contributed by atoms with Crippen molar-refractivity contribution in [3.8, 4) is 11.8 Å². The second-order valence-electron chi connectivity index (χ2n) is 11.3. The molecule has 0 aliphatic carbocycles. The molecule has 2 aliphatic heterocycles. The summed E-state index contributed by atoms with van der Waals surface area (Å²) in [7, 11) is 2.88. The molecule has 2 aromatic rings. The van der Waals surface area contributed by atoms with Gasteiger partial charge in [0.05, 0.1) is 6.10 Å². The van der Waals surface area contributed by atoms with Crippen LogP contribution in [0.2, 0.25) is 0 Å². The molecule has 236 valence electrons. The van der Waals surface area contributed by atoms with E-state index >= 15 is 0 Å². The second-order valence-corrected chi connectivity index (χ2v) is 11.3. The van der Waals surface area contributed by atoms with Gasteiger partial charge in [0.25, 0.3) is 11.8 Å². The first-order valence-electron chi connectivity index (χ1n) is 15.5. The number of ketones is 1. The lowest BCUT2D eigenvalue weighted by molar-refractivity contribution is -0.190. The maximum Gasteiger partial charge on any atom is 0.254 e. The van der Waals surface area contributed by atoms with Crippen molar-refractivity contribution in [3.05, 3.63) is 70.8 Å². The Labute approximate surface area is 260 Å². The highest BCUT2D eigenvalue weighted by atomic mass is 16.7. The number of Topliss-reactive ketones (excluding diaryl/α,β-unsaturated/α-hetero) is 1. The van der Waals surface area contributed by atoms with E-state index in [2.05, 4.69) is 24.1 Å². The maximum atomic E-state index is 13.4. The van der Waals surface area contributed by atoms with E-state index in [1.54, 1.807) is 24.3 Å². The van der Waals surface area contributed by atoms with Crippen LogP contribution in [0.5, 0.6) is 0 Å². The van der Waals surface area contributed by atoms with Crippen molar-refractivity contribution in [1.82, 2.24) is 10.2 Å². The highest BCUT2D eigenvalue weighted by Crippen LogP contribution is 2.27. The first-order valence-corrected chi connectivity index (χ1v) is 15.5. The van der Waals surface area contributed by atoms with E-state index in [1.165, 1.54) is 21.0 Å². The lowest BCUT2D eigenvalue weighted by atomic mass is 9.92. The van der Waals surface area contributed by atoms with Gasteiger partial charge in [-0.1, -0.05) is 30.9 Å². The van der Waals surface area contributed by atoms with E-state index in [1.807, 2.05) is 24.3 Å². The molecule has 2 heterocycles. The van der Waals surface area contributed by atoms with Gasteiger partial charge in [-0.2, -0.15) is 0 Å². The van der Waals surface area contributed by atoms with Crippen LogP contribution in [0.1, 0.15) is 91.9 Å². The van der Waals surface area contributed by atoms with Crippen LogP contribution < -0.4 is 5.32 Å². The number of carbonyl (C=O) groups is 3. The minimum Gasteiger partial charge on any atom is -0.357 e. The van der Waals surface area contributed by atoms with Gasteiger partial charge in [0.2, 0.25) is 0 Å². The van der Waals surface area contributed by atoms with Crippen LogP contribution in [0.15, 0.2) is 48.5 Å². The summed E-state index contributed by atoms with van der Waals surface area (Å²) in [5.74, 6) is 4.70. The van der Waals surface area contributed by atoms with Gasteiger partial charge in [-0.3, -0.25) is 14.4 Å². The molecule has 2 amide bonds. The van der Waals surface area contributed by atoms with Crippen LogP contribution in [0, 0.1) is 11.8 Å². The molecule has 0 bridgehead atoms. The summed E-state index contributed by atoms with van der Waals surface area (Å²) in [5, 5.41) is 2.51. The molecule has 0 aromatic heterocycles. The molecule has 2 fully saturated rings. The predicted octanol–water partition coefficient (Wildman–Crippen LogP) is 4.77. The topological polar surface area (TPSA) is 103 Å². The van der Waals surface area contributed by atoms with Crippen LogP contribution >= 0.6 is 0 Å². The smallest absolute Gasteiger partial charge is 0.254 e. The average molecular weight is 605 g/mol. The zero-order valence-corrected chi connectivity index (χ0v) is 26.2. The van der Waals surface area contributed by atoms with E-state index in [0.29, 0.717) is 18.6 Å².